The molecule has 1 amide bonds. The van der Waals surface area contributed by atoms with Crippen molar-refractivity contribution in [2.75, 3.05) is 0 Å². The van der Waals surface area contributed by atoms with Gasteiger partial charge in [-0.1, -0.05) is 29.3 Å². The van der Waals surface area contributed by atoms with Crippen LogP contribution < -0.4 is 5.32 Å². The summed E-state index contributed by atoms with van der Waals surface area (Å²) in [7, 11) is 0. The van der Waals surface area contributed by atoms with Gasteiger partial charge in [-0.15, -0.1) is 0 Å². The van der Waals surface area contributed by atoms with Crippen LogP contribution in [0.4, 0.5) is 8.78 Å². The van der Waals surface area contributed by atoms with Crippen molar-refractivity contribution in [2.45, 2.75) is 6.54 Å². The van der Waals surface area contributed by atoms with Crippen LogP contribution in [0.25, 0.3) is 0 Å². The van der Waals surface area contributed by atoms with E-state index >= 15 is 0 Å². The normalized spacial score (nSPS) is 10.4. The Morgan fingerprint density at radius 2 is 1.70 bits per heavy atom. The van der Waals surface area contributed by atoms with Crippen molar-refractivity contribution in [3.63, 3.8) is 0 Å². The third kappa shape index (κ3) is 3.68. The van der Waals surface area contributed by atoms with Crippen LogP contribution in [0.3, 0.4) is 0 Å². The molecular formula is C14H9Cl2F2NO. The second-order valence-electron chi connectivity index (χ2n) is 4.08. The van der Waals surface area contributed by atoms with Crippen LogP contribution in [0.1, 0.15) is 15.9 Å². The summed E-state index contributed by atoms with van der Waals surface area (Å²) in [6.07, 6.45) is 0. The van der Waals surface area contributed by atoms with Crippen molar-refractivity contribution in [3.8, 4) is 0 Å². The van der Waals surface area contributed by atoms with Gasteiger partial charge < -0.3 is 5.32 Å². The third-order valence-electron chi connectivity index (χ3n) is 2.58. The number of halogens is 4. The number of hydrogen-bond acceptors (Lipinski definition) is 1. The van der Waals surface area contributed by atoms with Crippen molar-refractivity contribution in [2.24, 2.45) is 0 Å². The van der Waals surface area contributed by atoms with E-state index in [9.17, 15) is 13.6 Å². The standard InChI is InChI=1S/C14H9Cl2F2NO/c15-10-2-1-8(13(16)5-10)7-19-14(20)9-3-11(17)6-12(18)4-9/h1-6H,7H2,(H,19,20). The lowest BCUT2D eigenvalue weighted by Crippen LogP contribution is -2.23. The van der Waals surface area contributed by atoms with Gasteiger partial charge in [-0.3, -0.25) is 4.79 Å². The van der Waals surface area contributed by atoms with E-state index in [0.29, 0.717) is 21.7 Å². The van der Waals surface area contributed by atoms with Crippen LogP contribution in [0.15, 0.2) is 36.4 Å². The zero-order valence-electron chi connectivity index (χ0n) is 10.1. The van der Waals surface area contributed by atoms with Crippen LogP contribution >= 0.6 is 23.2 Å². The molecule has 0 bridgehead atoms. The van der Waals surface area contributed by atoms with E-state index < -0.39 is 17.5 Å². The molecule has 1 N–H and O–H groups in total. The summed E-state index contributed by atoms with van der Waals surface area (Å²) in [5, 5.41) is 3.42. The maximum absolute atomic E-state index is 13.0. The van der Waals surface area contributed by atoms with Crippen molar-refractivity contribution in [1.29, 1.82) is 0 Å². The Labute approximate surface area is 124 Å². The molecule has 2 aromatic rings. The molecule has 0 aromatic heterocycles. The first kappa shape index (κ1) is 14.8. The molecule has 0 saturated heterocycles. The molecule has 104 valence electrons. The lowest BCUT2D eigenvalue weighted by Gasteiger charge is -2.07. The largest absolute Gasteiger partial charge is 0.348 e. The minimum absolute atomic E-state index is 0.0902. The van der Waals surface area contributed by atoms with Crippen molar-refractivity contribution >= 4 is 29.1 Å². The lowest BCUT2D eigenvalue weighted by atomic mass is 10.2. The fourth-order valence-electron chi connectivity index (χ4n) is 1.63. The summed E-state index contributed by atoms with van der Waals surface area (Å²) in [4.78, 5) is 11.8. The van der Waals surface area contributed by atoms with Crippen LogP contribution in [0.5, 0.6) is 0 Å². The van der Waals surface area contributed by atoms with Crippen molar-refractivity contribution < 1.29 is 13.6 Å². The minimum atomic E-state index is -0.806. The van der Waals surface area contributed by atoms with Crippen LogP contribution in [0, 0.1) is 11.6 Å². The third-order valence-corrected chi connectivity index (χ3v) is 3.17. The summed E-state index contributed by atoms with van der Waals surface area (Å²) >= 11 is 11.7. The van der Waals surface area contributed by atoms with E-state index in [1.807, 2.05) is 0 Å². The quantitative estimate of drug-likeness (QED) is 0.903. The predicted octanol–water partition coefficient (Wildman–Crippen LogP) is 4.20. The van der Waals surface area contributed by atoms with Gasteiger partial charge in [0.25, 0.3) is 5.91 Å². The highest BCUT2D eigenvalue weighted by molar-refractivity contribution is 6.35. The molecule has 0 saturated carbocycles. The predicted molar refractivity (Wildman–Crippen MR) is 74.0 cm³/mol. The second-order valence-corrected chi connectivity index (χ2v) is 4.92. The van der Waals surface area contributed by atoms with Crippen LogP contribution in [0.2, 0.25) is 10.0 Å². The molecule has 0 aliphatic heterocycles. The average molecular weight is 316 g/mol. The molecule has 0 radical (unpaired) electrons. The zero-order valence-corrected chi connectivity index (χ0v) is 11.6. The molecule has 0 aliphatic carbocycles. The van der Waals surface area contributed by atoms with Gasteiger partial charge >= 0.3 is 0 Å². The highest BCUT2D eigenvalue weighted by Gasteiger charge is 2.10. The molecule has 0 heterocycles. The van der Waals surface area contributed by atoms with Gasteiger partial charge in [-0.05, 0) is 29.8 Å². The molecule has 0 aliphatic rings. The van der Waals surface area contributed by atoms with E-state index in [4.69, 9.17) is 23.2 Å². The molecular weight excluding hydrogens is 307 g/mol. The Bertz CT molecular complexity index is 641. The molecule has 0 unspecified atom stereocenters. The Morgan fingerprint density at radius 3 is 2.30 bits per heavy atom. The topological polar surface area (TPSA) is 29.1 Å². The first-order valence-corrected chi connectivity index (χ1v) is 6.39. The molecule has 0 spiro atoms. The second kappa shape index (κ2) is 6.20. The van der Waals surface area contributed by atoms with Gasteiger partial charge in [0.05, 0.1) is 0 Å². The fraction of sp³-hybridized carbons (Fsp3) is 0.0714. The molecule has 2 nitrogen and oxygen atoms in total. The van der Waals surface area contributed by atoms with Gasteiger partial charge in [0.2, 0.25) is 0 Å². The SMILES string of the molecule is O=C(NCc1ccc(Cl)cc1Cl)c1cc(F)cc(F)c1. The summed E-state index contributed by atoms with van der Waals surface area (Å²) in [6.45, 7) is 0.132. The van der Waals surface area contributed by atoms with Crippen molar-refractivity contribution in [1.82, 2.24) is 5.32 Å². The Morgan fingerprint density at radius 1 is 1.05 bits per heavy atom. The van der Waals surface area contributed by atoms with Crippen LogP contribution in [-0.4, -0.2) is 5.91 Å². The highest BCUT2D eigenvalue weighted by Crippen LogP contribution is 2.20. The monoisotopic (exact) mass is 315 g/mol. The number of carbonyl (C=O) groups excluding carboxylic acids is 1. The van der Waals surface area contributed by atoms with Crippen LogP contribution in [-0.2, 0) is 6.54 Å². The Kier molecular flexibility index (Phi) is 4.57. The number of amides is 1. The van der Waals surface area contributed by atoms with E-state index in [-0.39, 0.29) is 12.1 Å². The molecule has 0 fully saturated rings. The first-order chi connectivity index (χ1) is 9.45. The molecule has 6 heteroatoms. The average Bonchev–Trinajstić information content (AvgIpc) is 2.36. The zero-order chi connectivity index (χ0) is 14.7. The summed E-state index contributed by atoms with van der Waals surface area (Å²) in [6, 6.07) is 7.47. The Balaban J connectivity index is 2.08. The summed E-state index contributed by atoms with van der Waals surface area (Å²) < 4.78 is 26.0. The number of hydrogen-bond donors (Lipinski definition) is 1. The van der Waals surface area contributed by atoms with Crippen molar-refractivity contribution in [3.05, 3.63) is 69.2 Å². The number of benzene rings is 2. The molecule has 0 atom stereocenters. The van der Waals surface area contributed by atoms with Gasteiger partial charge in [0, 0.05) is 28.2 Å². The lowest BCUT2D eigenvalue weighted by molar-refractivity contribution is 0.0950. The summed E-state index contributed by atoms with van der Waals surface area (Å²) in [5.41, 5.74) is 0.564. The first-order valence-electron chi connectivity index (χ1n) is 5.64. The van der Waals surface area contributed by atoms with Gasteiger partial charge in [0.1, 0.15) is 11.6 Å². The van der Waals surface area contributed by atoms with E-state index in [1.165, 1.54) is 0 Å². The Hall–Kier alpha value is -1.65. The van der Waals surface area contributed by atoms with Gasteiger partial charge in [-0.25, -0.2) is 8.78 Å². The van der Waals surface area contributed by atoms with E-state index in [0.717, 1.165) is 12.1 Å². The van der Waals surface area contributed by atoms with E-state index in [1.54, 1.807) is 18.2 Å². The summed E-state index contributed by atoms with van der Waals surface area (Å²) in [5.74, 6) is -2.20. The molecule has 2 aromatic carbocycles. The smallest absolute Gasteiger partial charge is 0.251 e. The maximum Gasteiger partial charge on any atom is 0.251 e. The number of carbonyl (C=O) groups is 1. The maximum atomic E-state index is 13.0. The number of rotatable bonds is 3. The minimum Gasteiger partial charge on any atom is -0.348 e. The fourth-order valence-corrected chi connectivity index (χ4v) is 2.10. The van der Waals surface area contributed by atoms with Gasteiger partial charge in [0.15, 0.2) is 0 Å². The van der Waals surface area contributed by atoms with E-state index in [2.05, 4.69) is 5.32 Å². The molecule has 20 heavy (non-hydrogen) atoms. The number of nitrogens with one attached hydrogen (secondary N) is 1. The molecule has 2 rings (SSSR count). The van der Waals surface area contributed by atoms with Gasteiger partial charge in [-0.2, -0.15) is 0 Å². The highest BCUT2D eigenvalue weighted by atomic mass is 35.5.